The van der Waals surface area contributed by atoms with E-state index in [-0.39, 0.29) is 5.91 Å². The fourth-order valence-electron chi connectivity index (χ4n) is 6.92. The number of piperazine rings is 1. The van der Waals surface area contributed by atoms with E-state index in [1.54, 1.807) is 18.4 Å². The predicted molar refractivity (Wildman–Crippen MR) is 168 cm³/mol. The highest BCUT2D eigenvalue weighted by Crippen LogP contribution is 2.39. The molecule has 0 unspecified atom stereocenters. The zero-order valence-corrected chi connectivity index (χ0v) is 25.4. The third kappa shape index (κ3) is 5.03. The molecule has 4 heterocycles. The number of thiophene rings is 1. The first-order valence-corrected chi connectivity index (χ1v) is 15.9. The standard InChI is InChI=1S/C33H38N6O2S/c1-21-31-30(24-6-9-27(28(19-24)41-3)35-33(40)25-18-23-10-17-42-29(23)20-25)36-32(39(31)12-11-34-21)22-4-7-26(8-5-22)38-15-13-37(2)14-16-38/h6,9-12,17-19,22,26H,4-5,7-8,13-16,20H2,1-3H3,(H,35,40). The molecule has 7 rings (SSSR count). The summed E-state index contributed by atoms with van der Waals surface area (Å²) in [6.45, 7) is 6.74. The second-order valence-corrected chi connectivity index (χ2v) is 12.9. The number of carbonyl (C=O) groups is 1. The molecule has 4 aromatic rings. The lowest BCUT2D eigenvalue weighted by Gasteiger charge is -2.41. The van der Waals surface area contributed by atoms with Crippen molar-refractivity contribution in [3.05, 3.63) is 69.6 Å². The summed E-state index contributed by atoms with van der Waals surface area (Å²) in [5, 5.41) is 5.14. The van der Waals surface area contributed by atoms with Gasteiger partial charge in [0.2, 0.25) is 0 Å². The van der Waals surface area contributed by atoms with Crippen LogP contribution in [0.1, 0.15) is 53.6 Å². The lowest BCUT2D eigenvalue weighted by molar-refractivity contribution is -0.112. The first kappa shape index (κ1) is 27.3. The van der Waals surface area contributed by atoms with Crippen LogP contribution in [0.15, 0.2) is 47.6 Å². The van der Waals surface area contributed by atoms with Crippen LogP contribution in [-0.4, -0.2) is 76.5 Å². The van der Waals surface area contributed by atoms with Gasteiger partial charge in [-0.25, -0.2) is 4.98 Å². The van der Waals surface area contributed by atoms with Crippen molar-refractivity contribution in [2.24, 2.45) is 0 Å². The van der Waals surface area contributed by atoms with E-state index in [2.05, 4.69) is 56.1 Å². The lowest BCUT2D eigenvalue weighted by atomic mass is 9.84. The van der Waals surface area contributed by atoms with Gasteiger partial charge in [-0.3, -0.25) is 19.1 Å². The zero-order valence-electron chi connectivity index (χ0n) is 24.6. The van der Waals surface area contributed by atoms with Crippen molar-refractivity contribution in [3.8, 4) is 17.0 Å². The van der Waals surface area contributed by atoms with Crippen molar-refractivity contribution >= 4 is 34.5 Å². The van der Waals surface area contributed by atoms with Gasteiger partial charge in [-0.1, -0.05) is 6.07 Å². The number of hydrogen-bond acceptors (Lipinski definition) is 7. The molecule has 1 aromatic carbocycles. The van der Waals surface area contributed by atoms with Gasteiger partial charge >= 0.3 is 0 Å². The van der Waals surface area contributed by atoms with Gasteiger partial charge < -0.3 is 15.0 Å². The van der Waals surface area contributed by atoms with Gasteiger partial charge in [0.15, 0.2) is 0 Å². The van der Waals surface area contributed by atoms with Gasteiger partial charge in [0.05, 0.1) is 29.7 Å². The Morgan fingerprint density at radius 1 is 1.10 bits per heavy atom. The molecule has 2 fully saturated rings. The van der Waals surface area contributed by atoms with E-state index in [4.69, 9.17) is 9.72 Å². The minimum atomic E-state index is -0.0913. The normalized spacial score (nSPS) is 21.4. The monoisotopic (exact) mass is 582 g/mol. The minimum Gasteiger partial charge on any atom is -0.495 e. The summed E-state index contributed by atoms with van der Waals surface area (Å²) in [6.07, 6.45) is 11.3. The quantitative estimate of drug-likeness (QED) is 0.318. The van der Waals surface area contributed by atoms with Crippen LogP contribution in [0.5, 0.6) is 5.75 Å². The van der Waals surface area contributed by atoms with Crippen molar-refractivity contribution < 1.29 is 9.53 Å². The number of ether oxygens (including phenoxy) is 1. The first-order valence-electron chi connectivity index (χ1n) is 15.0. The zero-order chi connectivity index (χ0) is 28.8. The van der Waals surface area contributed by atoms with Gasteiger partial charge in [0.25, 0.3) is 5.91 Å². The molecule has 0 radical (unpaired) electrons. The molecular formula is C33H38N6O2S. The predicted octanol–water partition coefficient (Wildman–Crippen LogP) is 5.63. The fourth-order valence-corrected chi connectivity index (χ4v) is 7.80. The van der Waals surface area contributed by atoms with Crippen LogP contribution >= 0.6 is 11.3 Å². The average Bonchev–Trinajstić information content (AvgIpc) is 3.73. The number of carbonyl (C=O) groups excluding carboxylic acids is 1. The number of rotatable bonds is 6. The number of nitrogens with one attached hydrogen (secondary N) is 1. The fraction of sp³-hybridized carbons (Fsp3) is 0.424. The number of aryl methyl sites for hydroxylation is 1. The number of methoxy groups -OCH3 is 1. The van der Waals surface area contributed by atoms with Crippen molar-refractivity contribution in [1.29, 1.82) is 0 Å². The van der Waals surface area contributed by atoms with E-state index < -0.39 is 0 Å². The summed E-state index contributed by atoms with van der Waals surface area (Å²) in [5.41, 5.74) is 6.44. The average molecular weight is 583 g/mol. The third-order valence-electron chi connectivity index (χ3n) is 9.36. The first-order chi connectivity index (χ1) is 20.5. The number of anilines is 1. The molecular weight excluding hydrogens is 544 g/mol. The number of benzene rings is 1. The SMILES string of the molecule is COc1cc(-c2nc(C3CCC(N4CCN(C)CC4)CC3)n3ccnc(C)c23)ccc1NC(=O)C1=Cc2ccsc2C1. The molecule has 0 spiro atoms. The molecule has 2 aliphatic carbocycles. The molecule has 1 aliphatic heterocycles. The maximum Gasteiger partial charge on any atom is 0.252 e. The van der Waals surface area contributed by atoms with E-state index in [0.29, 0.717) is 29.8 Å². The van der Waals surface area contributed by atoms with Gasteiger partial charge in [-0.2, -0.15) is 0 Å². The lowest BCUT2D eigenvalue weighted by Crippen LogP contribution is -2.49. The molecule has 1 saturated carbocycles. The molecule has 8 nitrogen and oxygen atoms in total. The summed E-state index contributed by atoms with van der Waals surface area (Å²) in [5.74, 6) is 2.07. The number of fused-ring (bicyclic) bond motifs is 2. The molecule has 3 aromatic heterocycles. The van der Waals surface area contributed by atoms with Crippen molar-refractivity contribution in [1.82, 2.24) is 24.2 Å². The van der Waals surface area contributed by atoms with Crippen LogP contribution < -0.4 is 10.1 Å². The summed E-state index contributed by atoms with van der Waals surface area (Å²) in [6, 6.07) is 8.69. The van der Waals surface area contributed by atoms with E-state index >= 15 is 0 Å². The molecule has 218 valence electrons. The van der Waals surface area contributed by atoms with Crippen molar-refractivity contribution in [2.75, 3.05) is 45.7 Å². The van der Waals surface area contributed by atoms with Crippen LogP contribution in [0.2, 0.25) is 0 Å². The molecule has 1 N–H and O–H groups in total. The van der Waals surface area contributed by atoms with Gasteiger partial charge in [0.1, 0.15) is 11.6 Å². The highest BCUT2D eigenvalue weighted by molar-refractivity contribution is 7.10. The van der Waals surface area contributed by atoms with Crippen LogP contribution in [0.4, 0.5) is 5.69 Å². The smallest absolute Gasteiger partial charge is 0.252 e. The van der Waals surface area contributed by atoms with Gasteiger partial charge in [0, 0.05) is 73.0 Å². The van der Waals surface area contributed by atoms with Crippen LogP contribution in [0.25, 0.3) is 22.9 Å². The summed E-state index contributed by atoms with van der Waals surface area (Å²) >= 11 is 1.69. The third-order valence-corrected chi connectivity index (χ3v) is 10.3. The molecule has 0 atom stereocenters. The Bertz CT molecular complexity index is 1660. The largest absolute Gasteiger partial charge is 0.495 e. The van der Waals surface area contributed by atoms with Crippen LogP contribution in [-0.2, 0) is 11.2 Å². The molecule has 0 bridgehead atoms. The van der Waals surface area contributed by atoms with Crippen LogP contribution in [0, 0.1) is 6.92 Å². The Balaban J connectivity index is 1.13. The maximum atomic E-state index is 13.1. The minimum absolute atomic E-state index is 0.0913. The summed E-state index contributed by atoms with van der Waals surface area (Å²) in [7, 11) is 3.86. The molecule has 1 saturated heterocycles. The second-order valence-electron chi connectivity index (χ2n) is 11.9. The summed E-state index contributed by atoms with van der Waals surface area (Å²) in [4.78, 5) is 29.4. The Hall–Kier alpha value is -3.53. The van der Waals surface area contributed by atoms with Crippen molar-refractivity contribution in [2.45, 2.75) is 51.0 Å². The van der Waals surface area contributed by atoms with E-state index in [9.17, 15) is 4.79 Å². The van der Waals surface area contributed by atoms with E-state index in [0.717, 1.165) is 52.3 Å². The van der Waals surface area contributed by atoms with Crippen LogP contribution in [0.3, 0.4) is 0 Å². The molecule has 42 heavy (non-hydrogen) atoms. The Morgan fingerprint density at radius 2 is 1.90 bits per heavy atom. The number of amides is 1. The topological polar surface area (TPSA) is 75.0 Å². The molecule has 9 heteroatoms. The second kappa shape index (κ2) is 11.3. The molecule has 3 aliphatic rings. The maximum absolute atomic E-state index is 13.1. The number of likely N-dealkylation sites (N-methyl/N-ethyl adjacent to an activating group) is 1. The highest BCUT2D eigenvalue weighted by Gasteiger charge is 2.31. The van der Waals surface area contributed by atoms with Gasteiger partial charge in [-0.05, 0) is 74.9 Å². The summed E-state index contributed by atoms with van der Waals surface area (Å²) < 4.78 is 8.03. The number of aromatic nitrogens is 3. The van der Waals surface area contributed by atoms with E-state index in [1.165, 1.54) is 43.9 Å². The number of nitrogens with zero attached hydrogens (tertiary/aromatic N) is 5. The number of hydrogen-bond donors (Lipinski definition) is 1. The Labute approximate surface area is 251 Å². The Kier molecular flexibility index (Phi) is 7.34. The highest BCUT2D eigenvalue weighted by atomic mass is 32.1. The van der Waals surface area contributed by atoms with E-state index in [1.807, 2.05) is 30.5 Å². The molecule has 1 amide bonds. The Morgan fingerprint density at radius 3 is 2.67 bits per heavy atom. The van der Waals surface area contributed by atoms with Crippen molar-refractivity contribution in [3.63, 3.8) is 0 Å². The van der Waals surface area contributed by atoms with Gasteiger partial charge in [-0.15, -0.1) is 11.3 Å². The number of imidazole rings is 1.